The van der Waals surface area contributed by atoms with Crippen LogP contribution in [0.2, 0.25) is 5.02 Å². The Bertz CT molecular complexity index is 904. The lowest BCUT2D eigenvalue weighted by molar-refractivity contribution is 0.377. The van der Waals surface area contributed by atoms with Crippen molar-refractivity contribution in [3.63, 3.8) is 0 Å². The first-order valence-electron chi connectivity index (χ1n) is 6.27. The highest BCUT2D eigenvalue weighted by Crippen LogP contribution is 2.38. The Morgan fingerprint density at radius 1 is 1.17 bits per heavy atom. The summed E-state index contributed by atoms with van der Waals surface area (Å²) in [6, 6.07) is 9.47. The summed E-state index contributed by atoms with van der Waals surface area (Å²) < 4.78 is 33.9. The van der Waals surface area contributed by atoms with E-state index in [-0.39, 0.29) is 32.7 Å². The third-order valence-electron chi connectivity index (χ3n) is 3.03. The molecule has 2 aromatic carbocycles. The Kier molecular flexibility index (Phi) is 5.05. The van der Waals surface area contributed by atoms with Gasteiger partial charge in [-0.05, 0) is 30.7 Å². The smallest absolute Gasteiger partial charge is 0.261 e. The summed E-state index contributed by atoms with van der Waals surface area (Å²) in [6.07, 6.45) is 0. The predicted octanol–water partition coefficient (Wildman–Crippen LogP) is 4.25. The van der Waals surface area contributed by atoms with Gasteiger partial charge in [0.2, 0.25) is 0 Å². The molecule has 0 aliphatic rings. The van der Waals surface area contributed by atoms with Crippen LogP contribution in [0.15, 0.2) is 35.2 Å². The average molecular weight is 372 g/mol. The molecule has 120 valence electrons. The molecule has 0 heterocycles. The topological polar surface area (TPSA) is 76.4 Å². The van der Waals surface area contributed by atoms with E-state index in [1.807, 2.05) is 6.07 Å². The number of methoxy groups -OCH3 is 1. The van der Waals surface area contributed by atoms with Crippen LogP contribution in [0.5, 0.6) is 17.2 Å². The summed E-state index contributed by atoms with van der Waals surface area (Å²) in [4.78, 5) is -0.0741. The van der Waals surface area contributed by atoms with E-state index in [1.165, 1.54) is 19.2 Å². The van der Waals surface area contributed by atoms with Crippen LogP contribution in [0.4, 0.5) is 0 Å². The number of hydrogen-bond acceptors (Lipinski definition) is 5. The molecule has 0 fully saturated rings. The maximum atomic E-state index is 11.5. The standard InChI is InChI=1S/C15H11Cl2NO4S/c1-9-6-14(13(21-2)7-15(9)23(17,19)20)22-12-5-3-4-11(16)10(12)8-18/h3-7H,1-2H3. The number of rotatable bonds is 4. The Hall–Kier alpha value is -1.94. The van der Waals surface area contributed by atoms with E-state index in [2.05, 4.69) is 0 Å². The molecule has 0 N–H and O–H groups in total. The van der Waals surface area contributed by atoms with E-state index in [1.54, 1.807) is 25.1 Å². The van der Waals surface area contributed by atoms with Gasteiger partial charge in [0.25, 0.3) is 9.05 Å². The van der Waals surface area contributed by atoms with Crippen LogP contribution in [0.1, 0.15) is 11.1 Å². The van der Waals surface area contributed by atoms with E-state index in [4.69, 9.17) is 37.0 Å². The molecule has 0 aliphatic heterocycles. The molecule has 0 spiro atoms. The molecule has 23 heavy (non-hydrogen) atoms. The van der Waals surface area contributed by atoms with Gasteiger partial charge >= 0.3 is 0 Å². The Labute approximate surface area is 143 Å². The van der Waals surface area contributed by atoms with Gasteiger partial charge in [0.1, 0.15) is 17.4 Å². The lowest BCUT2D eigenvalue weighted by atomic mass is 10.2. The molecular formula is C15H11Cl2NO4S. The number of nitrogens with zero attached hydrogens (tertiary/aromatic N) is 1. The summed E-state index contributed by atoms with van der Waals surface area (Å²) in [6.45, 7) is 1.57. The highest BCUT2D eigenvalue weighted by atomic mass is 35.7. The van der Waals surface area contributed by atoms with Gasteiger partial charge in [-0.1, -0.05) is 17.7 Å². The summed E-state index contributed by atoms with van der Waals surface area (Å²) in [5.74, 6) is 0.644. The monoisotopic (exact) mass is 371 g/mol. The lowest BCUT2D eigenvalue weighted by Crippen LogP contribution is -1.99. The van der Waals surface area contributed by atoms with Gasteiger partial charge in [-0.25, -0.2) is 8.42 Å². The van der Waals surface area contributed by atoms with E-state index in [0.29, 0.717) is 5.56 Å². The molecule has 0 unspecified atom stereocenters. The molecular weight excluding hydrogens is 361 g/mol. The number of nitriles is 1. The number of hydrogen-bond donors (Lipinski definition) is 0. The number of aryl methyl sites for hydroxylation is 1. The second-order valence-electron chi connectivity index (χ2n) is 4.53. The molecule has 0 atom stereocenters. The summed E-state index contributed by atoms with van der Waals surface area (Å²) in [5, 5.41) is 9.42. The van der Waals surface area contributed by atoms with Gasteiger partial charge in [0.15, 0.2) is 11.5 Å². The minimum atomic E-state index is -3.91. The van der Waals surface area contributed by atoms with Gasteiger partial charge in [-0.15, -0.1) is 0 Å². The van der Waals surface area contributed by atoms with Crippen molar-refractivity contribution in [1.82, 2.24) is 0 Å². The molecule has 0 bridgehead atoms. The van der Waals surface area contributed by atoms with Crippen molar-refractivity contribution in [3.8, 4) is 23.3 Å². The number of ether oxygens (including phenoxy) is 2. The predicted molar refractivity (Wildman–Crippen MR) is 87.0 cm³/mol. The third-order valence-corrected chi connectivity index (χ3v) is 4.81. The Balaban J connectivity index is 2.56. The van der Waals surface area contributed by atoms with Crippen LogP contribution in [-0.2, 0) is 9.05 Å². The van der Waals surface area contributed by atoms with Crippen LogP contribution in [0, 0.1) is 18.3 Å². The molecule has 2 rings (SSSR count). The van der Waals surface area contributed by atoms with E-state index >= 15 is 0 Å². The summed E-state index contributed by atoms with van der Waals surface area (Å²) in [7, 11) is 2.84. The fourth-order valence-electron chi connectivity index (χ4n) is 1.96. The van der Waals surface area contributed by atoms with Crippen LogP contribution >= 0.6 is 22.3 Å². The quantitative estimate of drug-likeness (QED) is 0.750. The SMILES string of the molecule is COc1cc(S(=O)(=O)Cl)c(C)cc1Oc1cccc(Cl)c1C#N. The number of halogens is 2. The molecule has 8 heteroatoms. The van der Waals surface area contributed by atoms with Crippen LogP contribution < -0.4 is 9.47 Å². The van der Waals surface area contributed by atoms with Gasteiger partial charge in [0, 0.05) is 16.7 Å². The highest BCUT2D eigenvalue weighted by Gasteiger charge is 2.19. The van der Waals surface area contributed by atoms with Crippen LogP contribution in [0.25, 0.3) is 0 Å². The van der Waals surface area contributed by atoms with Crippen molar-refractivity contribution in [2.24, 2.45) is 0 Å². The van der Waals surface area contributed by atoms with Crippen molar-refractivity contribution in [2.45, 2.75) is 11.8 Å². The van der Waals surface area contributed by atoms with Gasteiger partial charge in [-0.2, -0.15) is 5.26 Å². The Morgan fingerprint density at radius 3 is 2.43 bits per heavy atom. The van der Waals surface area contributed by atoms with Crippen LogP contribution in [0.3, 0.4) is 0 Å². The van der Waals surface area contributed by atoms with Gasteiger partial charge in [0.05, 0.1) is 17.0 Å². The minimum absolute atomic E-state index is 0.0741. The van der Waals surface area contributed by atoms with E-state index < -0.39 is 9.05 Å². The minimum Gasteiger partial charge on any atom is -0.493 e. The van der Waals surface area contributed by atoms with Crippen molar-refractivity contribution in [3.05, 3.63) is 46.5 Å². The van der Waals surface area contributed by atoms with Gasteiger partial charge in [-0.3, -0.25) is 0 Å². The highest BCUT2D eigenvalue weighted by molar-refractivity contribution is 8.13. The molecule has 0 saturated heterocycles. The zero-order chi connectivity index (χ0) is 17.2. The molecule has 0 amide bonds. The third kappa shape index (κ3) is 3.70. The molecule has 0 aliphatic carbocycles. The maximum Gasteiger partial charge on any atom is 0.261 e. The second kappa shape index (κ2) is 6.67. The molecule has 5 nitrogen and oxygen atoms in total. The summed E-state index contributed by atoms with van der Waals surface area (Å²) >= 11 is 5.96. The first kappa shape index (κ1) is 17.4. The zero-order valence-corrected chi connectivity index (χ0v) is 14.5. The number of benzene rings is 2. The molecule has 0 aromatic heterocycles. The van der Waals surface area contributed by atoms with Crippen molar-refractivity contribution in [2.75, 3.05) is 7.11 Å². The lowest BCUT2D eigenvalue weighted by Gasteiger charge is -2.14. The maximum absolute atomic E-state index is 11.5. The van der Waals surface area contributed by atoms with Crippen molar-refractivity contribution < 1.29 is 17.9 Å². The zero-order valence-electron chi connectivity index (χ0n) is 12.1. The van der Waals surface area contributed by atoms with Crippen molar-refractivity contribution >= 4 is 31.3 Å². The fourth-order valence-corrected chi connectivity index (χ4v) is 3.36. The normalized spacial score (nSPS) is 10.9. The molecule has 2 aromatic rings. The first-order valence-corrected chi connectivity index (χ1v) is 8.96. The Morgan fingerprint density at radius 2 is 1.87 bits per heavy atom. The second-order valence-corrected chi connectivity index (χ2v) is 7.47. The van der Waals surface area contributed by atoms with E-state index in [9.17, 15) is 8.42 Å². The summed E-state index contributed by atoms with van der Waals surface area (Å²) in [5.41, 5.74) is 0.555. The molecule has 0 radical (unpaired) electrons. The van der Waals surface area contributed by atoms with Crippen LogP contribution in [-0.4, -0.2) is 15.5 Å². The fraction of sp³-hybridized carbons (Fsp3) is 0.133. The van der Waals surface area contributed by atoms with E-state index in [0.717, 1.165) is 0 Å². The first-order chi connectivity index (χ1) is 10.8. The molecule has 0 saturated carbocycles. The average Bonchev–Trinajstić information content (AvgIpc) is 2.46. The van der Waals surface area contributed by atoms with Crippen molar-refractivity contribution in [1.29, 1.82) is 5.26 Å². The van der Waals surface area contributed by atoms with Gasteiger partial charge < -0.3 is 9.47 Å². The largest absolute Gasteiger partial charge is 0.493 e.